The zero-order valence-electron chi connectivity index (χ0n) is 36.4. The van der Waals surface area contributed by atoms with Crippen LogP contribution in [-0.2, 0) is 32.7 Å². The molecule has 0 saturated heterocycles. The lowest BCUT2D eigenvalue weighted by Gasteiger charge is -2.19. The molecule has 56 heavy (non-hydrogen) atoms. The van der Waals surface area contributed by atoms with Gasteiger partial charge < -0.3 is 20.1 Å². The van der Waals surface area contributed by atoms with Crippen molar-refractivity contribution in [2.75, 3.05) is 26.4 Å². The van der Waals surface area contributed by atoms with Gasteiger partial charge in [-0.2, -0.15) is 0 Å². The number of unbranched alkanes of at least 4 members (excludes halogenated alkanes) is 27. The van der Waals surface area contributed by atoms with Crippen molar-refractivity contribution in [2.24, 2.45) is 5.73 Å². The van der Waals surface area contributed by atoms with Crippen LogP contribution in [0.5, 0.6) is 0 Å². The van der Waals surface area contributed by atoms with E-state index in [0.29, 0.717) is 6.42 Å². The average molecular weight is 814 g/mol. The highest BCUT2D eigenvalue weighted by Gasteiger charge is 2.26. The minimum absolute atomic E-state index is 0.0532. The van der Waals surface area contributed by atoms with Crippen molar-refractivity contribution in [3.63, 3.8) is 0 Å². The molecule has 0 amide bonds. The van der Waals surface area contributed by atoms with Gasteiger partial charge in [0.2, 0.25) is 0 Å². The van der Waals surface area contributed by atoms with Crippen LogP contribution in [0.25, 0.3) is 0 Å². The smallest absolute Gasteiger partial charge is 0.462 e. The van der Waals surface area contributed by atoms with Crippen molar-refractivity contribution >= 4 is 19.8 Å². The molecule has 0 bridgehead atoms. The van der Waals surface area contributed by atoms with E-state index in [1.165, 1.54) is 135 Å². The van der Waals surface area contributed by atoms with Gasteiger partial charge in [0.25, 0.3) is 0 Å². The second kappa shape index (κ2) is 43.1. The molecule has 0 aliphatic heterocycles. The van der Waals surface area contributed by atoms with Crippen LogP contribution in [0.2, 0.25) is 0 Å². The molecule has 0 heterocycles. The summed E-state index contributed by atoms with van der Waals surface area (Å²) in [6.07, 6.45) is 46.4. The average Bonchev–Trinajstić information content (AvgIpc) is 3.18. The first-order valence-electron chi connectivity index (χ1n) is 23.3. The summed E-state index contributed by atoms with van der Waals surface area (Å²) in [5, 5.41) is 0. The van der Waals surface area contributed by atoms with Gasteiger partial charge in [0.1, 0.15) is 6.61 Å². The number of carbonyl (C=O) groups excluding carboxylic acids is 2. The molecule has 10 heteroatoms. The fourth-order valence-corrected chi connectivity index (χ4v) is 7.37. The summed E-state index contributed by atoms with van der Waals surface area (Å²) >= 11 is 0. The molecule has 2 atom stereocenters. The number of allylic oxidation sites excluding steroid dienone is 4. The normalized spacial score (nSPS) is 13.4. The zero-order chi connectivity index (χ0) is 41.1. The molecule has 0 aromatic heterocycles. The van der Waals surface area contributed by atoms with Gasteiger partial charge in [-0.25, -0.2) is 4.57 Å². The van der Waals surface area contributed by atoms with Crippen LogP contribution in [0.3, 0.4) is 0 Å². The van der Waals surface area contributed by atoms with E-state index in [1.54, 1.807) is 0 Å². The Morgan fingerprint density at radius 2 is 0.929 bits per heavy atom. The molecule has 1 unspecified atom stereocenters. The Labute approximate surface area is 344 Å². The molecule has 0 fully saturated rings. The lowest BCUT2D eigenvalue weighted by Crippen LogP contribution is -2.29. The predicted octanol–water partition coefficient (Wildman–Crippen LogP) is 13.6. The van der Waals surface area contributed by atoms with Crippen LogP contribution < -0.4 is 5.73 Å². The number of phosphoric ester groups is 1. The molecular weight excluding hydrogens is 725 g/mol. The van der Waals surface area contributed by atoms with Crippen molar-refractivity contribution in [1.82, 2.24) is 0 Å². The Morgan fingerprint density at radius 1 is 0.536 bits per heavy atom. The number of ether oxygens (including phenoxy) is 2. The fourth-order valence-electron chi connectivity index (χ4n) is 6.61. The zero-order valence-corrected chi connectivity index (χ0v) is 37.3. The van der Waals surface area contributed by atoms with Crippen molar-refractivity contribution in [3.05, 3.63) is 24.3 Å². The third-order valence-electron chi connectivity index (χ3n) is 10.1. The van der Waals surface area contributed by atoms with Gasteiger partial charge in [-0.05, 0) is 44.9 Å². The molecule has 3 N–H and O–H groups in total. The van der Waals surface area contributed by atoms with E-state index >= 15 is 0 Å². The highest BCUT2D eigenvalue weighted by Crippen LogP contribution is 2.43. The van der Waals surface area contributed by atoms with Gasteiger partial charge in [-0.1, -0.05) is 192 Å². The maximum atomic E-state index is 12.6. The number of carbonyl (C=O) groups is 2. The van der Waals surface area contributed by atoms with Gasteiger partial charge in [0.05, 0.1) is 13.2 Å². The standard InChI is InChI=1S/C46H88NO8P/c1-3-5-7-9-11-13-15-17-19-20-21-22-23-25-27-29-31-33-35-37-39-46(49)55-44(43-54-56(50,51)53-41-40-47)42-52-45(48)38-36-34-32-30-28-26-24-18-16-14-12-10-8-6-4-2/h12,14,18,24,44H,3-11,13,15-17,19-23,25-43,47H2,1-2H3,(H,50,51)/b14-12+,24-18+/t44-/m1/s1. The Hall–Kier alpha value is -1.51. The predicted molar refractivity (Wildman–Crippen MR) is 234 cm³/mol. The van der Waals surface area contributed by atoms with Gasteiger partial charge in [-0.3, -0.25) is 18.6 Å². The Kier molecular flexibility index (Phi) is 41.9. The molecule has 0 aromatic rings. The van der Waals surface area contributed by atoms with Crippen LogP contribution in [0.4, 0.5) is 0 Å². The number of hydrogen-bond donors (Lipinski definition) is 2. The maximum absolute atomic E-state index is 12.6. The molecule has 0 saturated carbocycles. The quantitative estimate of drug-likeness (QED) is 0.0267. The Morgan fingerprint density at radius 3 is 1.39 bits per heavy atom. The summed E-state index contributed by atoms with van der Waals surface area (Å²) in [5.74, 6) is -0.834. The minimum Gasteiger partial charge on any atom is -0.462 e. The summed E-state index contributed by atoms with van der Waals surface area (Å²) in [7, 11) is -4.38. The van der Waals surface area contributed by atoms with Crippen molar-refractivity contribution < 1.29 is 37.6 Å². The fraction of sp³-hybridized carbons (Fsp3) is 0.870. The number of esters is 2. The van der Waals surface area contributed by atoms with Crippen LogP contribution in [0.15, 0.2) is 24.3 Å². The Balaban J connectivity index is 4.08. The lowest BCUT2D eigenvalue weighted by molar-refractivity contribution is -0.161. The van der Waals surface area contributed by atoms with Gasteiger partial charge in [0, 0.05) is 19.4 Å². The monoisotopic (exact) mass is 814 g/mol. The van der Waals surface area contributed by atoms with Crippen molar-refractivity contribution in [1.29, 1.82) is 0 Å². The van der Waals surface area contributed by atoms with Crippen LogP contribution >= 0.6 is 7.82 Å². The number of hydrogen-bond acceptors (Lipinski definition) is 8. The second-order valence-corrected chi connectivity index (χ2v) is 17.1. The van der Waals surface area contributed by atoms with Crippen molar-refractivity contribution in [3.8, 4) is 0 Å². The van der Waals surface area contributed by atoms with E-state index in [0.717, 1.165) is 57.8 Å². The van der Waals surface area contributed by atoms with E-state index in [-0.39, 0.29) is 32.6 Å². The first-order chi connectivity index (χ1) is 27.3. The maximum Gasteiger partial charge on any atom is 0.472 e. The molecule has 0 spiro atoms. The van der Waals surface area contributed by atoms with E-state index in [9.17, 15) is 19.0 Å². The summed E-state index contributed by atoms with van der Waals surface area (Å²) in [6.45, 7) is 3.72. The highest BCUT2D eigenvalue weighted by atomic mass is 31.2. The molecule has 0 aliphatic rings. The van der Waals surface area contributed by atoms with Gasteiger partial charge in [0.15, 0.2) is 6.10 Å². The SMILES string of the molecule is CCCCC/C=C/C/C=C/CCCCCCCC(=O)OC[C@H](COP(=O)(O)OCCN)OC(=O)CCCCCCCCCCCCCCCCCCCCCC. The topological polar surface area (TPSA) is 134 Å². The summed E-state index contributed by atoms with van der Waals surface area (Å²) in [5.41, 5.74) is 5.35. The molecule has 0 aliphatic carbocycles. The number of rotatable bonds is 44. The first-order valence-corrected chi connectivity index (χ1v) is 24.8. The Bertz CT molecular complexity index is 975. The van der Waals surface area contributed by atoms with E-state index in [1.807, 2.05) is 0 Å². The minimum atomic E-state index is -4.38. The summed E-state index contributed by atoms with van der Waals surface area (Å²) < 4.78 is 32.8. The van der Waals surface area contributed by atoms with E-state index < -0.39 is 32.5 Å². The third kappa shape index (κ3) is 42.1. The second-order valence-electron chi connectivity index (χ2n) is 15.6. The third-order valence-corrected chi connectivity index (χ3v) is 11.1. The van der Waals surface area contributed by atoms with Crippen LogP contribution in [0.1, 0.15) is 226 Å². The summed E-state index contributed by atoms with van der Waals surface area (Å²) in [6, 6.07) is 0. The molecule has 9 nitrogen and oxygen atoms in total. The van der Waals surface area contributed by atoms with E-state index in [2.05, 4.69) is 38.2 Å². The van der Waals surface area contributed by atoms with Crippen LogP contribution in [0, 0.1) is 0 Å². The van der Waals surface area contributed by atoms with Gasteiger partial charge >= 0.3 is 19.8 Å². The molecule has 0 radical (unpaired) electrons. The number of nitrogens with two attached hydrogens (primary N) is 1. The molecular formula is C46H88NO8P. The largest absolute Gasteiger partial charge is 0.472 e. The molecule has 0 rings (SSSR count). The van der Waals surface area contributed by atoms with E-state index in [4.69, 9.17) is 24.3 Å². The summed E-state index contributed by atoms with van der Waals surface area (Å²) in [4.78, 5) is 34.9. The lowest BCUT2D eigenvalue weighted by atomic mass is 10.0. The van der Waals surface area contributed by atoms with Gasteiger partial charge in [-0.15, -0.1) is 0 Å². The number of phosphoric acid groups is 1. The molecule has 0 aromatic carbocycles. The highest BCUT2D eigenvalue weighted by molar-refractivity contribution is 7.47. The first kappa shape index (κ1) is 54.5. The van der Waals surface area contributed by atoms with Crippen molar-refractivity contribution in [2.45, 2.75) is 232 Å². The van der Waals surface area contributed by atoms with Crippen LogP contribution in [-0.4, -0.2) is 49.3 Å². The molecule has 330 valence electrons.